The van der Waals surface area contributed by atoms with Crippen LogP contribution in [0.5, 0.6) is 0 Å². The number of benzene rings is 1. The molecule has 2 aromatic rings. The molecule has 1 aromatic heterocycles. The van der Waals surface area contributed by atoms with Crippen LogP contribution in [0.1, 0.15) is 55.5 Å². The van der Waals surface area contributed by atoms with E-state index < -0.39 is 0 Å². The van der Waals surface area contributed by atoms with Crippen molar-refractivity contribution in [3.05, 3.63) is 53.3 Å². The van der Waals surface area contributed by atoms with Crippen molar-refractivity contribution in [1.29, 1.82) is 0 Å². The predicted molar refractivity (Wildman–Crippen MR) is 109 cm³/mol. The molecule has 5 heteroatoms. The van der Waals surface area contributed by atoms with Crippen molar-refractivity contribution in [1.82, 2.24) is 19.6 Å². The first-order chi connectivity index (χ1) is 13.7. The van der Waals surface area contributed by atoms with E-state index in [9.17, 15) is 4.79 Å². The Kier molecular flexibility index (Phi) is 4.71. The van der Waals surface area contributed by atoms with E-state index >= 15 is 0 Å². The molecule has 28 heavy (non-hydrogen) atoms. The van der Waals surface area contributed by atoms with Crippen LogP contribution in [0.15, 0.2) is 36.4 Å². The van der Waals surface area contributed by atoms with Gasteiger partial charge in [-0.05, 0) is 50.4 Å². The highest BCUT2D eigenvalue weighted by atomic mass is 16.2. The number of hydrogen-bond donors (Lipinski definition) is 0. The number of rotatable bonds is 4. The van der Waals surface area contributed by atoms with E-state index in [1.165, 1.54) is 36.9 Å². The Balaban J connectivity index is 1.33. The minimum absolute atomic E-state index is 0.217. The second-order valence-corrected chi connectivity index (χ2v) is 8.67. The molecule has 3 heterocycles. The molecule has 0 atom stereocenters. The van der Waals surface area contributed by atoms with Gasteiger partial charge in [-0.3, -0.25) is 14.4 Å². The zero-order chi connectivity index (χ0) is 19.0. The number of nitrogens with zero attached hydrogens (tertiary/aromatic N) is 4. The Labute approximate surface area is 167 Å². The maximum Gasteiger partial charge on any atom is 0.243 e. The largest absolute Gasteiger partial charge is 0.333 e. The van der Waals surface area contributed by atoms with Gasteiger partial charge in [0.1, 0.15) is 5.54 Å². The lowest BCUT2D eigenvalue weighted by Gasteiger charge is -2.42. The molecule has 1 aromatic carbocycles. The highest BCUT2D eigenvalue weighted by molar-refractivity contribution is 5.87. The summed E-state index contributed by atoms with van der Waals surface area (Å²) in [5, 5.41) is 4.80. The van der Waals surface area contributed by atoms with Crippen molar-refractivity contribution >= 4 is 5.91 Å². The topological polar surface area (TPSA) is 41.4 Å². The molecule has 2 aliphatic heterocycles. The maximum atomic E-state index is 13.7. The van der Waals surface area contributed by atoms with Crippen LogP contribution in [0, 0.1) is 0 Å². The van der Waals surface area contributed by atoms with Gasteiger partial charge in [0.05, 0.1) is 24.5 Å². The van der Waals surface area contributed by atoms with Crippen molar-refractivity contribution in [3.63, 3.8) is 0 Å². The molecule has 0 N–H and O–H groups in total. The molecule has 3 aliphatic rings. The number of amides is 1. The zero-order valence-corrected chi connectivity index (χ0v) is 16.6. The Morgan fingerprint density at radius 1 is 0.964 bits per heavy atom. The highest BCUT2D eigenvalue weighted by Gasteiger charge is 2.49. The van der Waals surface area contributed by atoms with Crippen molar-refractivity contribution in [2.45, 2.75) is 63.6 Å². The van der Waals surface area contributed by atoms with Crippen molar-refractivity contribution < 1.29 is 4.79 Å². The highest BCUT2D eigenvalue weighted by Crippen LogP contribution is 2.39. The number of likely N-dealkylation sites (tertiary alicyclic amines) is 1. The van der Waals surface area contributed by atoms with E-state index in [-0.39, 0.29) is 5.54 Å². The van der Waals surface area contributed by atoms with Gasteiger partial charge in [-0.15, -0.1) is 0 Å². The van der Waals surface area contributed by atoms with E-state index in [0.29, 0.717) is 12.5 Å². The minimum atomic E-state index is -0.217. The third kappa shape index (κ3) is 3.16. The molecule has 5 nitrogen and oxygen atoms in total. The fourth-order valence-corrected chi connectivity index (χ4v) is 5.46. The Morgan fingerprint density at radius 3 is 2.46 bits per heavy atom. The summed E-state index contributed by atoms with van der Waals surface area (Å²) in [6.07, 6.45) is 7.80. The molecule has 1 amide bonds. The molecule has 0 bridgehead atoms. The number of hydrogen-bond acceptors (Lipinski definition) is 3. The summed E-state index contributed by atoms with van der Waals surface area (Å²) in [4.78, 5) is 18.3. The summed E-state index contributed by atoms with van der Waals surface area (Å²) >= 11 is 0. The molecule has 5 rings (SSSR count). The van der Waals surface area contributed by atoms with E-state index in [0.717, 1.165) is 51.1 Å². The van der Waals surface area contributed by atoms with Crippen LogP contribution in [0.3, 0.4) is 0 Å². The van der Waals surface area contributed by atoms with Gasteiger partial charge in [0.15, 0.2) is 0 Å². The third-order valence-electron chi connectivity index (χ3n) is 6.90. The first-order valence-electron chi connectivity index (χ1n) is 10.9. The molecule has 1 saturated carbocycles. The van der Waals surface area contributed by atoms with Crippen LogP contribution in [-0.2, 0) is 24.3 Å². The second-order valence-electron chi connectivity index (χ2n) is 8.67. The second kappa shape index (κ2) is 7.36. The van der Waals surface area contributed by atoms with Gasteiger partial charge >= 0.3 is 0 Å². The summed E-state index contributed by atoms with van der Waals surface area (Å²) in [6.45, 7) is 4.49. The van der Waals surface area contributed by atoms with Crippen LogP contribution in [0.25, 0.3) is 0 Å². The standard InChI is InChI=1S/C23H30N4O/c28-22(23(10-4-5-11-23)26-12-6-7-13-26)25-14-15-27-21(18-25)17-20(24-27)16-19-8-2-1-3-9-19/h1-3,8-9,17H,4-7,10-16,18H2. The van der Waals surface area contributed by atoms with E-state index in [1.807, 2.05) is 6.07 Å². The Morgan fingerprint density at radius 2 is 1.71 bits per heavy atom. The molecule has 2 fully saturated rings. The molecule has 0 radical (unpaired) electrons. The molecule has 0 unspecified atom stereocenters. The minimum Gasteiger partial charge on any atom is -0.333 e. The lowest BCUT2D eigenvalue weighted by Crippen LogP contribution is -2.58. The van der Waals surface area contributed by atoms with Crippen molar-refractivity contribution in [3.8, 4) is 0 Å². The first-order valence-corrected chi connectivity index (χ1v) is 10.9. The molecular formula is C23H30N4O. The lowest BCUT2D eigenvalue weighted by molar-refractivity contribution is -0.145. The molecular weight excluding hydrogens is 348 g/mol. The third-order valence-corrected chi connectivity index (χ3v) is 6.90. The van der Waals surface area contributed by atoms with Gasteiger partial charge in [-0.25, -0.2) is 0 Å². The molecule has 1 aliphatic carbocycles. The van der Waals surface area contributed by atoms with Crippen LogP contribution >= 0.6 is 0 Å². The zero-order valence-electron chi connectivity index (χ0n) is 16.6. The van der Waals surface area contributed by atoms with Gasteiger partial charge in [0, 0.05) is 13.0 Å². The van der Waals surface area contributed by atoms with Crippen LogP contribution < -0.4 is 0 Å². The average Bonchev–Trinajstić information content (AvgIpc) is 3.47. The number of carbonyl (C=O) groups excluding carboxylic acids is 1. The fourth-order valence-electron chi connectivity index (χ4n) is 5.46. The SMILES string of the molecule is O=C(N1CCn2nc(Cc3ccccc3)cc2C1)C1(N2CCCC2)CCCC1. The summed E-state index contributed by atoms with van der Waals surface area (Å²) in [5.74, 6) is 0.379. The van der Waals surface area contributed by atoms with Gasteiger partial charge < -0.3 is 4.90 Å². The van der Waals surface area contributed by atoms with Gasteiger partial charge in [-0.2, -0.15) is 5.10 Å². The summed E-state index contributed by atoms with van der Waals surface area (Å²) < 4.78 is 2.11. The van der Waals surface area contributed by atoms with E-state index in [4.69, 9.17) is 5.10 Å². The fraction of sp³-hybridized carbons (Fsp3) is 0.565. The monoisotopic (exact) mass is 378 g/mol. The van der Waals surface area contributed by atoms with Crippen LogP contribution in [-0.4, -0.2) is 50.7 Å². The number of fused-ring (bicyclic) bond motifs is 1. The van der Waals surface area contributed by atoms with Gasteiger partial charge in [0.25, 0.3) is 0 Å². The van der Waals surface area contributed by atoms with E-state index in [1.54, 1.807) is 0 Å². The predicted octanol–water partition coefficient (Wildman–Crippen LogP) is 3.22. The van der Waals surface area contributed by atoms with Crippen LogP contribution in [0.4, 0.5) is 0 Å². The first kappa shape index (κ1) is 17.9. The van der Waals surface area contributed by atoms with Crippen molar-refractivity contribution in [2.24, 2.45) is 0 Å². The Hall–Kier alpha value is -2.14. The number of aromatic nitrogens is 2. The molecule has 0 spiro atoms. The normalized spacial score (nSPS) is 21.8. The quantitative estimate of drug-likeness (QED) is 0.820. The average molecular weight is 379 g/mol. The van der Waals surface area contributed by atoms with Gasteiger partial charge in [0.2, 0.25) is 5.91 Å². The van der Waals surface area contributed by atoms with Gasteiger partial charge in [-0.1, -0.05) is 43.2 Å². The summed E-state index contributed by atoms with van der Waals surface area (Å²) in [7, 11) is 0. The van der Waals surface area contributed by atoms with Crippen LogP contribution in [0.2, 0.25) is 0 Å². The molecule has 1 saturated heterocycles. The molecule has 148 valence electrons. The smallest absolute Gasteiger partial charge is 0.243 e. The van der Waals surface area contributed by atoms with Crippen molar-refractivity contribution in [2.75, 3.05) is 19.6 Å². The van der Waals surface area contributed by atoms with E-state index in [2.05, 4.69) is 44.8 Å². The number of carbonyl (C=O) groups is 1. The maximum absolute atomic E-state index is 13.7. The summed E-state index contributed by atoms with van der Waals surface area (Å²) in [6, 6.07) is 12.7. The Bertz CT molecular complexity index is 832. The lowest BCUT2D eigenvalue weighted by atomic mass is 9.92. The summed E-state index contributed by atoms with van der Waals surface area (Å²) in [5.41, 5.74) is 3.35.